The molecule has 3 aromatic rings. The molecule has 2 aromatic heterocycles. The third-order valence-electron chi connectivity index (χ3n) is 7.81. The van der Waals surface area contributed by atoms with E-state index in [0.29, 0.717) is 19.4 Å². The number of amides is 2. The third kappa shape index (κ3) is 4.08. The monoisotopic (exact) mass is 519 g/mol. The summed E-state index contributed by atoms with van der Waals surface area (Å²) in [4.78, 5) is 40.3. The molecular formula is C27H29N5O2S2. The molecule has 5 heterocycles. The normalized spacial score (nSPS) is 23.1. The number of carbonyl (C=O) groups is 2. The Morgan fingerprint density at radius 2 is 2.06 bits per heavy atom. The fourth-order valence-electron chi connectivity index (χ4n) is 5.70. The molecule has 0 saturated carbocycles. The van der Waals surface area contributed by atoms with Crippen LogP contribution in [0.4, 0.5) is 0 Å². The summed E-state index contributed by atoms with van der Waals surface area (Å²) in [6.45, 7) is 7.68. The van der Waals surface area contributed by atoms with E-state index in [9.17, 15) is 9.59 Å². The molecule has 2 amide bonds. The van der Waals surface area contributed by atoms with Crippen molar-refractivity contribution in [3.05, 3.63) is 63.4 Å². The highest BCUT2D eigenvalue weighted by molar-refractivity contribution is 7.80. The van der Waals surface area contributed by atoms with Crippen LogP contribution in [0.3, 0.4) is 0 Å². The average molecular weight is 520 g/mol. The van der Waals surface area contributed by atoms with E-state index in [1.54, 1.807) is 17.7 Å². The first kappa shape index (κ1) is 23.8. The fourth-order valence-corrected chi connectivity index (χ4v) is 7.18. The van der Waals surface area contributed by atoms with Gasteiger partial charge in [0.2, 0.25) is 11.8 Å². The van der Waals surface area contributed by atoms with Crippen LogP contribution >= 0.6 is 24.0 Å². The van der Waals surface area contributed by atoms with Crippen LogP contribution in [-0.4, -0.2) is 50.7 Å². The van der Waals surface area contributed by atoms with Crippen molar-refractivity contribution in [1.82, 2.24) is 25.1 Å². The number of aryl methyl sites for hydroxylation is 2. The first-order valence-electron chi connectivity index (χ1n) is 12.4. The van der Waals surface area contributed by atoms with Crippen molar-refractivity contribution in [3.8, 4) is 0 Å². The molecule has 1 fully saturated rings. The van der Waals surface area contributed by atoms with Gasteiger partial charge in [0, 0.05) is 42.9 Å². The summed E-state index contributed by atoms with van der Waals surface area (Å²) in [7, 11) is 0. The van der Waals surface area contributed by atoms with Crippen LogP contribution in [0.5, 0.6) is 0 Å². The SMILES string of the molecule is Cc1sc2ncnc(C3=CCN(Cc4cccc5c4CN(C4CCC(=O)NC4=O)C5S)CC3)c2c1C. The van der Waals surface area contributed by atoms with Gasteiger partial charge < -0.3 is 0 Å². The van der Waals surface area contributed by atoms with E-state index in [1.165, 1.54) is 38.1 Å². The van der Waals surface area contributed by atoms with E-state index in [1.807, 2.05) is 0 Å². The van der Waals surface area contributed by atoms with Gasteiger partial charge in [-0.3, -0.25) is 24.7 Å². The molecule has 0 spiro atoms. The second kappa shape index (κ2) is 9.37. The van der Waals surface area contributed by atoms with E-state index in [-0.39, 0.29) is 23.2 Å². The molecule has 3 aliphatic rings. The van der Waals surface area contributed by atoms with Gasteiger partial charge >= 0.3 is 0 Å². The zero-order chi connectivity index (χ0) is 25.0. The fraction of sp³-hybridized carbons (Fsp3) is 0.407. The van der Waals surface area contributed by atoms with Crippen LogP contribution in [0.1, 0.15) is 57.5 Å². The quantitative estimate of drug-likeness (QED) is 0.398. The number of thiophene rings is 1. The summed E-state index contributed by atoms with van der Waals surface area (Å²) >= 11 is 6.61. The minimum Gasteiger partial charge on any atom is -0.295 e. The van der Waals surface area contributed by atoms with Gasteiger partial charge in [-0.1, -0.05) is 24.3 Å². The molecule has 7 nitrogen and oxygen atoms in total. The van der Waals surface area contributed by atoms with Crippen LogP contribution in [0.25, 0.3) is 15.8 Å². The highest BCUT2D eigenvalue weighted by Gasteiger charge is 2.39. The Morgan fingerprint density at radius 1 is 1.19 bits per heavy atom. The molecular weight excluding hydrogens is 490 g/mol. The predicted octanol–water partition coefficient (Wildman–Crippen LogP) is 4.15. The third-order valence-corrected chi connectivity index (χ3v) is 9.50. The zero-order valence-corrected chi connectivity index (χ0v) is 22.2. The number of thiol groups is 1. The minimum absolute atomic E-state index is 0.144. The largest absolute Gasteiger partial charge is 0.295 e. The molecule has 0 bridgehead atoms. The maximum Gasteiger partial charge on any atom is 0.243 e. The highest BCUT2D eigenvalue weighted by atomic mass is 32.1. The lowest BCUT2D eigenvalue weighted by Crippen LogP contribution is -2.51. The number of nitrogens with zero attached hydrogens (tertiary/aromatic N) is 4. The molecule has 2 atom stereocenters. The Hall–Kier alpha value is -2.59. The summed E-state index contributed by atoms with van der Waals surface area (Å²) < 4.78 is 0. The van der Waals surface area contributed by atoms with E-state index < -0.39 is 0 Å². The number of aromatic nitrogens is 2. The highest BCUT2D eigenvalue weighted by Crippen LogP contribution is 2.41. The molecule has 1 N–H and O–H groups in total. The summed E-state index contributed by atoms with van der Waals surface area (Å²) in [5.74, 6) is -0.392. The molecule has 9 heteroatoms. The molecule has 36 heavy (non-hydrogen) atoms. The number of benzene rings is 1. The maximum atomic E-state index is 12.5. The molecule has 2 unspecified atom stereocenters. The molecule has 186 valence electrons. The number of carbonyl (C=O) groups excluding carboxylic acids is 2. The number of fused-ring (bicyclic) bond motifs is 2. The standard InChI is InChI=1S/C27H29N5O2S2/c1-15-16(2)36-26-23(15)24(28-14-29-26)17-8-10-31(11-9-17)12-18-4-3-5-19-20(18)13-32(27(19)35)21-6-7-22(33)30-25(21)34/h3-5,8,14,21,27,35H,6-7,9-13H2,1-2H3,(H,30,33,34). The maximum absolute atomic E-state index is 12.5. The smallest absolute Gasteiger partial charge is 0.243 e. The van der Waals surface area contributed by atoms with E-state index in [2.05, 4.69) is 63.2 Å². The van der Waals surface area contributed by atoms with Gasteiger partial charge in [-0.2, -0.15) is 12.6 Å². The molecule has 6 rings (SSSR count). The number of piperidine rings is 1. The minimum atomic E-state index is -0.320. The topological polar surface area (TPSA) is 78.4 Å². The lowest BCUT2D eigenvalue weighted by atomic mass is 9.99. The average Bonchev–Trinajstić information content (AvgIpc) is 3.36. The first-order valence-corrected chi connectivity index (χ1v) is 13.7. The van der Waals surface area contributed by atoms with Crippen LogP contribution in [0, 0.1) is 13.8 Å². The van der Waals surface area contributed by atoms with Crippen molar-refractivity contribution >= 4 is 51.6 Å². The van der Waals surface area contributed by atoms with E-state index in [4.69, 9.17) is 12.6 Å². The molecule has 3 aliphatic heterocycles. The van der Waals surface area contributed by atoms with Crippen LogP contribution < -0.4 is 5.32 Å². The predicted molar refractivity (Wildman–Crippen MR) is 145 cm³/mol. The van der Waals surface area contributed by atoms with E-state index in [0.717, 1.165) is 36.6 Å². The Morgan fingerprint density at radius 3 is 2.83 bits per heavy atom. The Balaban J connectivity index is 1.20. The van der Waals surface area contributed by atoms with Gasteiger partial charge in [0.15, 0.2) is 0 Å². The molecule has 0 aliphatic carbocycles. The number of hydrogen-bond donors (Lipinski definition) is 2. The summed E-state index contributed by atoms with van der Waals surface area (Å²) in [6.07, 6.45) is 5.88. The van der Waals surface area contributed by atoms with Crippen molar-refractivity contribution in [2.45, 2.75) is 57.6 Å². The van der Waals surface area contributed by atoms with Crippen molar-refractivity contribution in [1.29, 1.82) is 0 Å². The van der Waals surface area contributed by atoms with Gasteiger partial charge in [-0.25, -0.2) is 9.97 Å². The number of hydrogen-bond acceptors (Lipinski definition) is 8. The number of imide groups is 1. The summed E-state index contributed by atoms with van der Waals surface area (Å²) in [5, 5.41) is 3.55. The van der Waals surface area contributed by atoms with Crippen LogP contribution in [-0.2, 0) is 22.7 Å². The summed E-state index contributed by atoms with van der Waals surface area (Å²) in [5.41, 5.74) is 7.39. The lowest BCUT2D eigenvalue weighted by Gasteiger charge is -2.32. The molecule has 1 saturated heterocycles. The summed E-state index contributed by atoms with van der Waals surface area (Å²) in [6, 6.07) is 6.08. The molecule has 1 aromatic carbocycles. The Kier molecular flexibility index (Phi) is 6.19. The van der Waals surface area contributed by atoms with Crippen molar-refractivity contribution in [2.24, 2.45) is 0 Å². The van der Waals surface area contributed by atoms with Crippen molar-refractivity contribution in [2.75, 3.05) is 13.1 Å². The van der Waals surface area contributed by atoms with Crippen molar-refractivity contribution in [3.63, 3.8) is 0 Å². The number of rotatable bonds is 4. The lowest BCUT2D eigenvalue weighted by molar-refractivity contribution is -0.137. The Labute approximate surface area is 220 Å². The Bertz CT molecular complexity index is 1410. The van der Waals surface area contributed by atoms with Gasteiger partial charge in [0.05, 0.1) is 17.1 Å². The second-order valence-corrected chi connectivity index (χ2v) is 11.6. The zero-order valence-electron chi connectivity index (χ0n) is 20.5. The number of nitrogens with one attached hydrogen (secondary N) is 1. The van der Waals surface area contributed by atoms with Gasteiger partial charge in [0.1, 0.15) is 11.2 Å². The van der Waals surface area contributed by atoms with Gasteiger partial charge in [-0.05, 0) is 54.5 Å². The van der Waals surface area contributed by atoms with Crippen LogP contribution in [0.2, 0.25) is 0 Å². The first-order chi connectivity index (χ1) is 17.4. The van der Waals surface area contributed by atoms with Crippen molar-refractivity contribution < 1.29 is 9.59 Å². The van der Waals surface area contributed by atoms with E-state index >= 15 is 0 Å². The van der Waals surface area contributed by atoms with Crippen LogP contribution in [0.15, 0.2) is 30.6 Å². The van der Waals surface area contributed by atoms with Gasteiger partial charge in [0.25, 0.3) is 0 Å². The van der Waals surface area contributed by atoms with Gasteiger partial charge in [-0.15, -0.1) is 11.3 Å². The molecule has 0 radical (unpaired) electrons. The second-order valence-electron chi connectivity index (χ2n) is 9.90.